The minimum absolute atomic E-state index is 0.226. The van der Waals surface area contributed by atoms with Crippen molar-refractivity contribution in [1.82, 2.24) is 15.0 Å². The molecule has 0 spiro atoms. The number of benzene rings is 1. The van der Waals surface area contributed by atoms with Gasteiger partial charge in [0.2, 0.25) is 11.8 Å². The Balaban J connectivity index is 2.35. The quantitative estimate of drug-likeness (QED) is 0.539. The Morgan fingerprint density at radius 1 is 1.32 bits per heavy atom. The van der Waals surface area contributed by atoms with E-state index in [-0.39, 0.29) is 11.5 Å². The Morgan fingerprint density at radius 3 is 2.64 bits per heavy atom. The van der Waals surface area contributed by atoms with Gasteiger partial charge in [0.05, 0.1) is 11.9 Å². The molecule has 0 aliphatic carbocycles. The van der Waals surface area contributed by atoms with Crippen LogP contribution in [0.3, 0.4) is 0 Å². The highest BCUT2D eigenvalue weighted by atomic mass is 16.3. The van der Waals surface area contributed by atoms with Crippen LogP contribution >= 0.6 is 0 Å². The zero-order valence-electron chi connectivity index (χ0n) is 14.1. The van der Waals surface area contributed by atoms with Gasteiger partial charge in [0.25, 0.3) is 5.56 Å². The van der Waals surface area contributed by atoms with Crippen LogP contribution in [0.5, 0.6) is 5.88 Å². The summed E-state index contributed by atoms with van der Waals surface area (Å²) < 4.78 is 0.959. The summed E-state index contributed by atoms with van der Waals surface area (Å²) in [5.74, 6) is -0.843. The lowest BCUT2D eigenvalue weighted by atomic mass is 10.2. The molecule has 8 nitrogen and oxygen atoms in total. The molecule has 0 fully saturated rings. The molecule has 1 heterocycles. The van der Waals surface area contributed by atoms with Gasteiger partial charge >= 0.3 is 5.69 Å². The number of nitrogens with one attached hydrogen (secondary N) is 2. The maximum Gasteiger partial charge on any atom is 0.335 e. The molecule has 0 unspecified atom stereocenters. The van der Waals surface area contributed by atoms with Crippen LogP contribution in [0.4, 0.5) is 0 Å². The third kappa shape index (κ3) is 4.43. The van der Waals surface area contributed by atoms with Crippen molar-refractivity contribution in [3.05, 3.63) is 56.2 Å². The first-order valence-corrected chi connectivity index (χ1v) is 7.91. The Labute approximate surface area is 143 Å². The maximum atomic E-state index is 12.0. The number of nitrogens with zero attached hydrogens (tertiary/aromatic N) is 2. The van der Waals surface area contributed by atoms with E-state index in [1.54, 1.807) is 24.3 Å². The number of hydrazone groups is 1. The van der Waals surface area contributed by atoms with Crippen LogP contribution in [0.1, 0.15) is 37.3 Å². The largest absolute Gasteiger partial charge is 0.493 e. The fourth-order valence-electron chi connectivity index (χ4n) is 2.15. The number of carbonyl (C=O) groups is 1. The van der Waals surface area contributed by atoms with Crippen LogP contribution in [0.25, 0.3) is 5.69 Å². The van der Waals surface area contributed by atoms with Gasteiger partial charge < -0.3 is 5.11 Å². The van der Waals surface area contributed by atoms with E-state index in [4.69, 9.17) is 0 Å². The molecule has 0 aliphatic heterocycles. The lowest BCUT2D eigenvalue weighted by Crippen LogP contribution is -2.31. The Hall–Kier alpha value is -3.16. The summed E-state index contributed by atoms with van der Waals surface area (Å²) in [6, 6.07) is 6.83. The van der Waals surface area contributed by atoms with E-state index in [1.807, 2.05) is 13.8 Å². The lowest BCUT2D eigenvalue weighted by Gasteiger charge is -2.09. The van der Waals surface area contributed by atoms with E-state index in [1.165, 1.54) is 0 Å². The zero-order valence-corrected chi connectivity index (χ0v) is 14.1. The Kier molecular flexibility index (Phi) is 5.89. The van der Waals surface area contributed by atoms with Gasteiger partial charge in [-0.3, -0.25) is 14.6 Å². The minimum atomic E-state index is -0.794. The standard InChI is InChI=1S/C17H20N4O4/c1-3-4-5-14(22)20-18-10-13-15(23)19-17(25)21(16(13)24)12-8-6-11(2)7-9-12/h6-10,24H,3-5H2,1-2H3,(H,20,22)(H,19,23,25)/b18-10+. The molecule has 132 valence electrons. The molecule has 0 atom stereocenters. The summed E-state index contributed by atoms with van der Waals surface area (Å²) in [4.78, 5) is 37.6. The topological polar surface area (TPSA) is 117 Å². The minimum Gasteiger partial charge on any atom is -0.493 e. The molecule has 8 heteroatoms. The molecule has 25 heavy (non-hydrogen) atoms. The van der Waals surface area contributed by atoms with E-state index >= 15 is 0 Å². The molecule has 1 amide bonds. The summed E-state index contributed by atoms with van der Waals surface area (Å²) >= 11 is 0. The molecule has 1 aromatic carbocycles. The van der Waals surface area contributed by atoms with E-state index in [9.17, 15) is 19.5 Å². The number of aromatic amines is 1. The van der Waals surface area contributed by atoms with Crippen molar-refractivity contribution in [2.24, 2.45) is 5.10 Å². The first-order chi connectivity index (χ1) is 11.9. The van der Waals surface area contributed by atoms with Crippen molar-refractivity contribution in [2.75, 3.05) is 0 Å². The summed E-state index contributed by atoms with van der Waals surface area (Å²) in [6.45, 7) is 3.85. The van der Waals surface area contributed by atoms with Gasteiger partial charge in [0, 0.05) is 6.42 Å². The number of hydrogen-bond donors (Lipinski definition) is 3. The third-order valence-corrected chi connectivity index (χ3v) is 3.55. The first kappa shape index (κ1) is 18.2. The van der Waals surface area contributed by atoms with Crippen LogP contribution in [0.2, 0.25) is 0 Å². The number of hydrogen-bond acceptors (Lipinski definition) is 5. The number of unbranched alkanes of at least 4 members (excludes halogenated alkanes) is 1. The number of aryl methyl sites for hydroxylation is 1. The monoisotopic (exact) mass is 344 g/mol. The van der Waals surface area contributed by atoms with Crippen molar-refractivity contribution in [3.63, 3.8) is 0 Å². The predicted octanol–water partition coefficient (Wildman–Crippen LogP) is 1.18. The molecule has 0 radical (unpaired) electrons. The van der Waals surface area contributed by atoms with Crippen LogP contribution < -0.4 is 16.7 Å². The van der Waals surface area contributed by atoms with Crippen molar-refractivity contribution in [3.8, 4) is 11.6 Å². The van der Waals surface area contributed by atoms with Crippen molar-refractivity contribution >= 4 is 12.1 Å². The van der Waals surface area contributed by atoms with Crippen LogP contribution in [-0.2, 0) is 4.79 Å². The molecule has 1 aromatic heterocycles. The van der Waals surface area contributed by atoms with Gasteiger partial charge in [0.15, 0.2) is 0 Å². The molecule has 0 aliphatic rings. The SMILES string of the molecule is CCCCC(=O)N/N=C/c1c(O)n(-c2ccc(C)cc2)c(=O)[nH]c1=O. The molecule has 2 rings (SSSR count). The van der Waals surface area contributed by atoms with Gasteiger partial charge in [-0.15, -0.1) is 0 Å². The average molecular weight is 344 g/mol. The molecular weight excluding hydrogens is 324 g/mol. The van der Waals surface area contributed by atoms with Crippen molar-refractivity contribution < 1.29 is 9.90 Å². The third-order valence-electron chi connectivity index (χ3n) is 3.55. The molecule has 0 saturated carbocycles. The molecule has 3 N–H and O–H groups in total. The second-order valence-electron chi connectivity index (χ2n) is 5.56. The first-order valence-electron chi connectivity index (χ1n) is 7.91. The Morgan fingerprint density at radius 2 is 2.00 bits per heavy atom. The highest BCUT2D eigenvalue weighted by molar-refractivity contribution is 5.84. The summed E-state index contributed by atoms with van der Waals surface area (Å²) in [6.07, 6.45) is 2.94. The van der Waals surface area contributed by atoms with E-state index in [0.29, 0.717) is 12.1 Å². The average Bonchev–Trinajstić information content (AvgIpc) is 2.57. The normalized spacial score (nSPS) is 11.0. The summed E-state index contributed by atoms with van der Waals surface area (Å²) in [5, 5.41) is 14.0. The van der Waals surface area contributed by atoms with Crippen LogP contribution in [0, 0.1) is 6.92 Å². The van der Waals surface area contributed by atoms with Crippen molar-refractivity contribution in [2.45, 2.75) is 33.1 Å². The predicted molar refractivity (Wildman–Crippen MR) is 94.3 cm³/mol. The van der Waals surface area contributed by atoms with Gasteiger partial charge in [0.1, 0.15) is 5.56 Å². The smallest absolute Gasteiger partial charge is 0.335 e. The van der Waals surface area contributed by atoms with Crippen LogP contribution in [0.15, 0.2) is 39.0 Å². The fourth-order valence-corrected chi connectivity index (χ4v) is 2.15. The van der Waals surface area contributed by atoms with Gasteiger partial charge in [-0.05, 0) is 25.5 Å². The molecule has 0 saturated heterocycles. The number of carbonyl (C=O) groups excluding carboxylic acids is 1. The van der Waals surface area contributed by atoms with E-state index in [2.05, 4.69) is 15.5 Å². The van der Waals surface area contributed by atoms with E-state index < -0.39 is 17.1 Å². The van der Waals surface area contributed by atoms with Gasteiger partial charge in [-0.1, -0.05) is 31.0 Å². The number of aromatic hydroxyl groups is 1. The number of H-pyrrole nitrogens is 1. The van der Waals surface area contributed by atoms with Crippen LogP contribution in [-0.4, -0.2) is 26.8 Å². The highest BCUT2D eigenvalue weighted by Crippen LogP contribution is 2.15. The summed E-state index contributed by atoms with van der Waals surface area (Å²) in [5.41, 5.74) is 1.87. The lowest BCUT2D eigenvalue weighted by molar-refractivity contribution is -0.121. The van der Waals surface area contributed by atoms with E-state index in [0.717, 1.165) is 29.2 Å². The number of aromatic nitrogens is 2. The van der Waals surface area contributed by atoms with Gasteiger partial charge in [-0.2, -0.15) is 5.10 Å². The molecule has 0 bridgehead atoms. The highest BCUT2D eigenvalue weighted by Gasteiger charge is 2.14. The maximum absolute atomic E-state index is 12.0. The molecule has 2 aromatic rings. The number of rotatable bonds is 6. The number of amides is 1. The van der Waals surface area contributed by atoms with Gasteiger partial charge in [-0.25, -0.2) is 14.8 Å². The second kappa shape index (κ2) is 8.09. The fraction of sp³-hybridized carbons (Fsp3) is 0.294. The Bertz CT molecular complexity index is 894. The second-order valence-corrected chi connectivity index (χ2v) is 5.56. The summed E-state index contributed by atoms with van der Waals surface area (Å²) in [7, 11) is 0. The molecular formula is C17H20N4O4. The van der Waals surface area contributed by atoms with Crippen molar-refractivity contribution in [1.29, 1.82) is 0 Å². The zero-order chi connectivity index (χ0) is 18.4.